The summed E-state index contributed by atoms with van der Waals surface area (Å²) < 4.78 is 0. The Morgan fingerprint density at radius 1 is 1.06 bits per heavy atom. The van der Waals surface area contributed by atoms with Gasteiger partial charge in [-0.2, -0.15) is 15.0 Å². The molecule has 1 aromatic heterocycles. The van der Waals surface area contributed by atoms with Crippen LogP contribution in [0.5, 0.6) is 0 Å². The Kier molecular flexibility index (Phi) is 5.55. The fraction of sp³-hybridized carbons (Fsp3) is 0.727. The van der Waals surface area contributed by atoms with Crippen molar-refractivity contribution in [1.82, 2.24) is 15.0 Å². The number of hydrogen-bond acceptors (Lipinski definition) is 6. The molecule has 0 unspecified atom stereocenters. The average molecular weight is 274 g/mol. The lowest BCUT2D eigenvalue weighted by molar-refractivity contribution is 0.0455. The van der Waals surface area contributed by atoms with Crippen LogP contribution in [0.15, 0.2) is 0 Å². The number of nitrogens with zero attached hydrogens (tertiary/aromatic N) is 3. The van der Waals surface area contributed by atoms with Crippen LogP contribution in [0.25, 0.3) is 0 Å². The maximum Gasteiger partial charge on any atom is 0.228 e. The SMILES string of the molecule is CCNc1nc(Cl)nc(NCC(O)(CC)CC)n1. The zero-order valence-corrected chi connectivity index (χ0v) is 11.8. The normalized spacial score (nSPS) is 11.4. The zero-order valence-electron chi connectivity index (χ0n) is 11.0. The standard InChI is InChI=1S/C11H20ClN5O/c1-4-11(18,5-2)7-14-10-16-8(12)15-9(17-10)13-6-3/h18H,4-7H2,1-3H3,(H2,13,14,15,16,17). The fourth-order valence-electron chi connectivity index (χ4n) is 1.41. The maximum atomic E-state index is 10.1. The topological polar surface area (TPSA) is 83.0 Å². The second-order valence-corrected chi connectivity index (χ2v) is 4.41. The van der Waals surface area contributed by atoms with Crippen molar-refractivity contribution >= 4 is 23.5 Å². The summed E-state index contributed by atoms with van der Waals surface area (Å²) in [7, 11) is 0. The quantitative estimate of drug-likeness (QED) is 0.704. The van der Waals surface area contributed by atoms with Crippen LogP contribution in [0.3, 0.4) is 0 Å². The molecule has 0 spiro atoms. The summed E-state index contributed by atoms with van der Waals surface area (Å²) in [5, 5.41) is 16.2. The Labute approximate surface area is 112 Å². The van der Waals surface area contributed by atoms with E-state index in [4.69, 9.17) is 11.6 Å². The van der Waals surface area contributed by atoms with Gasteiger partial charge in [0.05, 0.1) is 5.60 Å². The van der Waals surface area contributed by atoms with Crippen LogP contribution in [0.2, 0.25) is 5.28 Å². The number of aliphatic hydroxyl groups is 1. The summed E-state index contributed by atoms with van der Waals surface area (Å²) in [6, 6.07) is 0. The lowest BCUT2D eigenvalue weighted by Gasteiger charge is -2.25. The molecular formula is C11H20ClN5O. The van der Waals surface area contributed by atoms with E-state index in [-0.39, 0.29) is 5.28 Å². The molecule has 0 atom stereocenters. The number of hydrogen-bond donors (Lipinski definition) is 3. The highest BCUT2D eigenvalue weighted by atomic mass is 35.5. The van der Waals surface area contributed by atoms with Gasteiger partial charge >= 0.3 is 0 Å². The smallest absolute Gasteiger partial charge is 0.228 e. The van der Waals surface area contributed by atoms with Gasteiger partial charge in [0.2, 0.25) is 17.2 Å². The Morgan fingerprint density at radius 3 is 2.11 bits per heavy atom. The maximum absolute atomic E-state index is 10.1. The van der Waals surface area contributed by atoms with Gasteiger partial charge in [-0.15, -0.1) is 0 Å². The average Bonchev–Trinajstić information content (AvgIpc) is 2.36. The molecule has 1 aromatic rings. The highest BCUT2D eigenvalue weighted by molar-refractivity contribution is 6.28. The van der Waals surface area contributed by atoms with Crippen molar-refractivity contribution in [3.8, 4) is 0 Å². The number of aromatic nitrogens is 3. The van der Waals surface area contributed by atoms with E-state index in [0.717, 1.165) is 0 Å². The lowest BCUT2D eigenvalue weighted by Crippen LogP contribution is -2.35. The number of halogens is 1. The molecule has 0 aliphatic heterocycles. The number of nitrogens with one attached hydrogen (secondary N) is 2. The van der Waals surface area contributed by atoms with E-state index in [1.807, 2.05) is 20.8 Å². The second kappa shape index (κ2) is 6.70. The van der Waals surface area contributed by atoms with Gasteiger partial charge in [-0.3, -0.25) is 0 Å². The molecular weight excluding hydrogens is 254 g/mol. The molecule has 6 nitrogen and oxygen atoms in total. The Bertz CT molecular complexity index is 384. The van der Waals surface area contributed by atoms with Crippen LogP contribution in [0.1, 0.15) is 33.6 Å². The van der Waals surface area contributed by atoms with E-state index in [0.29, 0.717) is 37.8 Å². The molecule has 18 heavy (non-hydrogen) atoms. The van der Waals surface area contributed by atoms with E-state index >= 15 is 0 Å². The summed E-state index contributed by atoms with van der Waals surface area (Å²) in [6.07, 6.45) is 1.32. The molecule has 0 saturated heterocycles. The number of anilines is 2. The number of rotatable bonds is 7. The zero-order chi connectivity index (χ0) is 13.6. The highest BCUT2D eigenvalue weighted by Gasteiger charge is 2.22. The third-order valence-corrected chi connectivity index (χ3v) is 3.00. The van der Waals surface area contributed by atoms with Gasteiger partial charge in [0.25, 0.3) is 0 Å². The van der Waals surface area contributed by atoms with E-state index in [1.165, 1.54) is 0 Å². The van der Waals surface area contributed by atoms with Crippen LogP contribution in [-0.2, 0) is 0 Å². The van der Waals surface area contributed by atoms with E-state index in [9.17, 15) is 5.11 Å². The molecule has 3 N–H and O–H groups in total. The first-order valence-electron chi connectivity index (χ1n) is 6.14. The summed E-state index contributed by atoms with van der Waals surface area (Å²) >= 11 is 5.80. The predicted octanol–water partition coefficient (Wildman–Crippen LogP) is 1.92. The van der Waals surface area contributed by atoms with Crippen molar-refractivity contribution in [3.05, 3.63) is 5.28 Å². The summed E-state index contributed by atoms with van der Waals surface area (Å²) in [6.45, 7) is 6.91. The van der Waals surface area contributed by atoms with Gasteiger partial charge in [0.15, 0.2) is 0 Å². The van der Waals surface area contributed by atoms with E-state index in [1.54, 1.807) is 0 Å². The van der Waals surface area contributed by atoms with Crippen molar-refractivity contribution in [2.24, 2.45) is 0 Å². The highest BCUT2D eigenvalue weighted by Crippen LogP contribution is 2.16. The molecule has 0 fully saturated rings. The molecule has 0 aliphatic carbocycles. The van der Waals surface area contributed by atoms with Gasteiger partial charge in [-0.05, 0) is 31.4 Å². The van der Waals surface area contributed by atoms with Crippen molar-refractivity contribution in [3.63, 3.8) is 0 Å². The molecule has 0 saturated carbocycles. The Hall–Kier alpha value is -1.14. The van der Waals surface area contributed by atoms with Crippen LogP contribution in [-0.4, -0.2) is 38.7 Å². The Balaban J connectivity index is 2.72. The third kappa shape index (κ3) is 4.27. The Morgan fingerprint density at radius 2 is 1.61 bits per heavy atom. The minimum atomic E-state index is -0.753. The van der Waals surface area contributed by atoms with Crippen molar-refractivity contribution < 1.29 is 5.11 Å². The molecule has 0 amide bonds. The molecule has 1 heterocycles. The van der Waals surface area contributed by atoms with Gasteiger partial charge in [0.1, 0.15) is 0 Å². The molecule has 0 aliphatic rings. The van der Waals surface area contributed by atoms with Crippen LogP contribution < -0.4 is 10.6 Å². The molecule has 0 bridgehead atoms. The van der Waals surface area contributed by atoms with Crippen LogP contribution in [0, 0.1) is 0 Å². The van der Waals surface area contributed by atoms with Crippen molar-refractivity contribution in [2.45, 2.75) is 39.2 Å². The molecule has 0 radical (unpaired) electrons. The first-order valence-corrected chi connectivity index (χ1v) is 6.52. The van der Waals surface area contributed by atoms with Gasteiger partial charge in [-0.25, -0.2) is 0 Å². The first-order chi connectivity index (χ1) is 8.53. The van der Waals surface area contributed by atoms with E-state index in [2.05, 4.69) is 25.6 Å². The largest absolute Gasteiger partial charge is 0.388 e. The molecule has 7 heteroatoms. The lowest BCUT2D eigenvalue weighted by atomic mass is 9.98. The molecule has 1 rings (SSSR count). The van der Waals surface area contributed by atoms with Crippen molar-refractivity contribution in [2.75, 3.05) is 23.7 Å². The first kappa shape index (κ1) is 14.9. The van der Waals surface area contributed by atoms with Crippen LogP contribution >= 0.6 is 11.6 Å². The minimum Gasteiger partial charge on any atom is -0.388 e. The van der Waals surface area contributed by atoms with Crippen molar-refractivity contribution in [1.29, 1.82) is 0 Å². The monoisotopic (exact) mass is 273 g/mol. The summed E-state index contributed by atoms with van der Waals surface area (Å²) in [5.41, 5.74) is -0.753. The summed E-state index contributed by atoms with van der Waals surface area (Å²) in [5.74, 6) is 0.794. The van der Waals surface area contributed by atoms with Gasteiger partial charge < -0.3 is 15.7 Å². The molecule has 0 aromatic carbocycles. The summed E-state index contributed by atoms with van der Waals surface area (Å²) in [4.78, 5) is 12.1. The minimum absolute atomic E-state index is 0.125. The van der Waals surface area contributed by atoms with Gasteiger partial charge in [0, 0.05) is 13.1 Å². The van der Waals surface area contributed by atoms with E-state index < -0.39 is 5.60 Å². The van der Waals surface area contributed by atoms with Crippen LogP contribution in [0.4, 0.5) is 11.9 Å². The second-order valence-electron chi connectivity index (χ2n) is 4.07. The van der Waals surface area contributed by atoms with Gasteiger partial charge in [-0.1, -0.05) is 13.8 Å². The molecule has 102 valence electrons. The predicted molar refractivity (Wildman–Crippen MR) is 73.0 cm³/mol. The third-order valence-electron chi connectivity index (χ3n) is 2.83. The fourth-order valence-corrected chi connectivity index (χ4v) is 1.57.